The van der Waals surface area contributed by atoms with Crippen LogP contribution in [0.25, 0.3) is 0 Å². The number of hydrogen-bond acceptors (Lipinski definition) is 4. The first-order valence-corrected chi connectivity index (χ1v) is 5.62. The van der Waals surface area contributed by atoms with Crippen LogP contribution in [0, 0.1) is 0 Å². The fourth-order valence-corrected chi connectivity index (χ4v) is 1.70. The number of aromatic nitrogens is 2. The number of carbonyl (C=O) groups is 1. The van der Waals surface area contributed by atoms with Crippen LogP contribution in [0.15, 0.2) is 12.7 Å². The molecule has 1 heterocycles. The summed E-state index contributed by atoms with van der Waals surface area (Å²) in [6.45, 7) is 7.88. The fourth-order valence-electron chi connectivity index (χ4n) is 1.70. The maximum absolute atomic E-state index is 11.3. The van der Waals surface area contributed by atoms with Gasteiger partial charge in [0.15, 0.2) is 5.82 Å². The van der Waals surface area contributed by atoms with Crippen LogP contribution < -0.4 is 5.32 Å². The molecule has 0 aliphatic carbocycles. The van der Waals surface area contributed by atoms with Crippen molar-refractivity contribution in [2.45, 2.75) is 26.7 Å². The first-order valence-electron chi connectivity index (χ1n) is 5.62. The quantitative estimate of drug-likeness (QED) is 0.736. The molecule has 0 aliphatic rings. The predicted molar refractivity (Wildman–Crippen MR) is 66.4 cm³/mol. The first kappa shape index (κ1) is 13.2. The van der Waals surface area contributed by atoms with Gasteiger partial charge in [0, 0.05) is 6.54 Å². The van der Waals surface area contributed by atoms with Gasteiger partial charge in [-0.25, -0.2) is 4.79 Å². The Morgan fingerprint density at radius 3 is 2.59 bits per heavy atom. The molecular formula is C12H17N3O2. The van der Waals surface area contributed by atoms with Crippen molar-refractivity contribution in [3.05, 3.63) is 29.5 Å². The summed E-state index contributed by atoms with van der Waals surface area (Å²) < 4.78 is 0. The third-order valence-electron chi connectivity index (χ3n) is 2.47. The van der Waals surface area contributed by atoms with Gasteiger partial charge in [0.25, 0.3) is 0 Å². The molecule has 0 fully saturated rings. The molecule has 0 spiro atoms. The second kappa shape index (κ2) is 5.98. The van der Waals surface area contributed by atoms with Gasteiger partial charge in [-0.05, 0) is 18.4 Å². The zero-order chi connectivity index (χ0) is 12.8. The van der Waals surface area contributed by atoms with Crippen LogP contribution in [0.4, 0.5) is 5.82 Å². The van der Waals surface area contributed by atoms with Crippen LogP contribution in [0.1, 0.15) is 35.5 Å². The number of rotatable bonds is 6. The molecule has 1 aromatic heterocycles. The molecule has 0 bridgehead atoms. The average molecular weight is 235 g/mol. The molecule has 0 aliphatic heterocycles. The largest absolute Gasteiger partial charge is 0.478 e. The fraction of sp³-hybridized carbons (Fsp3) is 0.417. The van der Waals surface area contributed by atoms with Crippen LogP contribution in [0.5, 0.6) is 0 Å². The molecule has 1 aromatic rings. The monoisotopic (exact) mass is 235 g/mol. The molecule has 0 unspecified atom stereocenters. The van der Waals surface area contributed by atoms with Crippen molar-refractivity contribution < 1.29 is 9.90 Å². The molecule has 0 saturated carbocycles. The van der Waals surface area contributed by atoms with Crippen molar-refractivity contribution in [1.29, 1.82) is 0 Å². The van der Waals surface area contributed by atoms with Crippen molar-refractivity contribution in [2.24, 2.45) is 0 Å². The van der Waals surface area contributed by atoms with Crippen LogP contribution in [0.2, 0.25) is 0 Å². The number of carboxylic acids is 1. The lowest BCUT2D eigenvalue weighted by atomic mass is 10.0. The topological polar surface area (TPSA) is 75.1 Å². The second-order valence-corrected chi connectivity index (χ2v) is 3.53. The molecule has 92 valence electrons. The van der Waals surface area contributed by atoms with E-state index in [-0.39, 0.29) is 5.56 Å². The molecule has 0 amide bonds. The van der Waals surface area contributed by atoms with Crippen molar-refractivity contribution in [1.82, 2.24) is 10.2 Å². The molecule has 17 heavy (non-hydrogen) atoms. The van der Waals surface area contributed by atoms with Gasteiger partial charge in [-0.1, -0.05) is 19.9 Å². The summed E-state index contributed by atoms with van der Waals surface area (Å²) in [5, 5.41) is 20.1. The Bertz CT molecular complexity index is 430. The summed E-state index contributed by atoms with van der Waals surface area (Å²) in [6, 6.07) is 0. The van der Waals surface area contributed by atoms with E-state index in [2.05, 4.69) is 22.1 Å². The third kappa shape index (κ3) is 2.81. The highest BCUT2D eigenvalue weighted by atomic mass is 16.4. The molecule has 1 rings (SSSR count). The highest BCUT2D eigenvalue weighted by molar-refractivity contribution is 5.95. The van der Waals surface area contributed by atoms with E-state index in [4.69, 9.17) is 0 Å². The van der Waals surface area contributed by atoms with E-state index < -0.39 is 5.97 Å². The lowest BCUT2D eigenvalue weighted by molar-refractivity contribution is 0.0696. The smallest absolute Gasteiger partial charge is 0.339 e. The number of nitrogens with zero attached hydrogens (tertiary/aromatic N) is 2. The van der Waals surface area contributed by atoms with E-state index in [1.165, 1.54) is 0 Å². The number of anilines is 1. The Kier molecular flexibility index (Phi) is 4.63. The Morgan fingerprint density at radius 2 is 2.12 bits per heavy atom. The minimum Gasteiger partial charge on any atom is -0.478 e. The lowest BCUT2D eigenvalue weighted by Crippen LogP contribution is -2.15. The zero-order valence-corrected chi connectivity index (χ0v) is 10.2. The van der Waals surface area contributed by atoms with E-state index in [1.54, 1.807) is 6.08 Å². The molecule has 5 heteroatoms. The normalized spacial score (nSPS) is 10.0. The van der Waals surface area contributed by atoms with Gasteiger partial charge in [0.1, 0.15) is 5.56 Å². The van der Waals surface area contributed by atoms with Crippen molar-refractivity contribution in [2.75, 3.05) is 11.9 Å². The SMILES string of the molecule is C=CCNc1nnc(CC)c(CC)c1C(=O)O. The van der Waals surface area contributed by atoms with Gasteiger partial charge >= 0.3 is 5.97 Å². The number of nitrogens with one attached hydrogen (secondary N) is 1. The highest BCUT2D eigenvalue weighted by Crippen LogP contribution is 2.20. The molecule has 2 N–H and O–H groups in total. The molecule has 0 atom stereocenters. The second-order valence-electron chi connectivity index (χ2n) is 3.53. The van der Waals surface area contributed by atoms with Gasteiger partial charge in [-0.15, -0.1) is 11.7 Å². The van der Waals surface area contributed by atoms with Crippen molar-refractivity contribution in [3.63, 3.8) is 0 Å². The van der Waals surface area contributed by atoms with Crippen molar-refractivity contribution >= 4 is 11.8 Å². The van der Waals surface area contributed by atoms with Crippen LogP contribution in [-0.2, 0) is 12.8 Å². The number of aryl methyl sites for hydroxylation is 1. The van der Waals surface area contributed by atoms with Gasteiger partial charge in [0.2, 0.25) is 0 Å². The Balaban J connectivity index is 3.31. The van der Waals surface area contributed by atoms with E-state index in [0.29, 0.717) is 25.2 Å². The van der Waals surface area contributed by atoms with Gasteiger partial charge in [-0.2, -0.15) is 5.10 Å². The Labute approximate surface area is 101 Å². The van der Waals surface area contributed by atoms with E-state index in [9.17, 15) is 9.90 Å². The summed E-state index contributed by atoms with van der Waals surface area (Å²) >= 11 is 0. The molecule has 0 aromatic carbocycles. The number of hydrogen-bond donors (Lipinski definition) is 2. The number of carboxylic acid groups (broad SMARTS) is 1. The zero-order valence-electron chi connectivity index (χ0n) is 10.2. The minimum absolute atomic E-state index is 0.223. The Hall–Kier alpha value is -1.91. The maximum Gasteiger partial charge on any atom is 0.339 e. The maximum atomic E-state index is 11.3. The summed E-state index contributed by atoms with van der Waals surface area (Å²) in [5.74, 6) is -0.663. The van der Waals surface area contributed by atoms with Crippen LogP contribution >= 0.6 is 0 Å². The summed E-state index contributed by atoms with van der Waals surface area (Å²) in [6.07, 6.45) is 2.95. The predicted octanol–water partition coefficient (Wildman–Crippen LogP) is 1.90. The highest BCUT2D eigenvalue weighted by Gasteiger charge is 2.19. The van der Waals surface area contributed by atoms with Gasteiger partial charge in [0.05, 0.1) is 5.69 Å². The van der Waals surface area contributed by atoms with Crippen LogP contribution in [-0.4, -0.2) is 27.8 Å². The van der Waals surface area contributed by atoms with Gasteiger partial charge in [-0.3, -0.25) is 0 Å². The number of aromatic carboxylic acids is 1. The summed E-state index contributed by atoms with van der Waals surface area (Å²) in [7, 11) is 0. The molecular weight excluding hydrogens is 218 g/mol. The van der Waals surface area contributed by atoms with E-state index in [1.807, 2.05) is 13.8 Å². The minimum atomic E-state index is -0.974. The standard InChI is InChI=1S/C12H17N3O2/c1-4-7-13-11-10(12(16)17)8(5-2)9(6-3)14-15-11/h4H,1,5-7H2,2-3H3,(H,13,15)(H,16,17). The molecule has 0 saturated heterocycles. The molecule has 0 radical (unpaired) electrons. The first-order chi connectivity index (χ1) is 8.15. The summed E-state index contributed by atoms with van der Waals surface area (Å²) in [4.78, 5) is 11.3. The van der Waals surface area contributed by atoms with Crippen LogP contribution in [0.3, 0.4) is 0 Å². The molecule has 5 nitrogen and oxygen atoms in total. The third-order valence-corrected chi connectivity index (χ3v) is 2.47. The van der Waals surface area contributed by atoms with E-state index >= 15 is 0 Å². The van der Waals surface area contributed by atoms with Gasteiger partial charge < -0.3 is 10.4 Å². The summed E-state index contributed by atoms with van der Waals surface area (Å²) in [5.41, 5.74) is 1.72. The lowest BCUT2D eigenvalue weighted by Gasteiger charge is -2.12. The Morgan fingerprint density at radius 1 is 1.41 bits per heavy atom. The average Bonchev–Trinajstić information content (AvgIpc) is 2.34. The van der Waals surface area contributed by atoms with Crippen molar-refractivity contribution in [3.8, 4) is 0 Å². The van der Waals surface area contributed by atoms with E-state index in [0.717, 1.165) is 11.3 Å².